The van der Waals surface area contributed by atoms with Crippen molar-refractivity contribution in [2.24, 2.45) is 0 Å². The van der Waals surface area contributed by atoms with Crippen LogP contribution in [0.4, 0.5) is 5.82 Å². The number of nitrogens with zero attached hydrogens (tertiary/aromatic N) is 4. The number of aliphatic hydroxyl groups excluding tert-OH is 3. The van der Waals surface area contributed by atoms with Gasteiger partial charge in [-0.2, -0.15) is 0 Å². The predicted octanol–water partition coefficient (Wildman–Crippen LogP) is -0.812. The molecule has 0 spiro atoms. The van der Waals surface area contributed by atoms with Crippen LogP contribution in [0.5, 0.6) is 0 Å². The van der Waals surface area contributed by atoms with Gasteiger partial charge in [0.1, 0.15) is 23.8 Å². The van der Waals surface area contributed by atoms with E-state index in [-0.39, 0.29) is 11.6 Å². The van der Waals surface area contributed by atoms with Crippen molar-refractivity contribution in [3.05, 3.63) is 12.2 Å². The molecule has 4 atom stereocenters. The highest BCUT2D eigenvalue weighted by Crippen LogP contribution is 2.31. The van der Waals surface area contributed by atoms with Gasteiger partial charge in [-0.3, -0.25) is 4.57 Å². The van der Waals surface area contributed by atoms with Crippen molar-refractivity contribution >= 4 is 17.0 Å². The lowest BCUT2D eigenvalue weighted by Gasteiger charge is -2.16. The Morgan fingerprint density at radius 3 is 2.85 bits per heavy atom. The zero-order chi connectivity index (χ0) is 19.4. The van der Waals surface area contributed by atoms with Crippen molar-refractivity contribution in [1.82, 2.24) is 19.5 Å². The van der Waals surface area contributed by atoms with E-state index < -0.39 is 31.1 Å². The summed E-state index contributed by atoms with van der Waals surface area (Å²) < 4.78 is 12.2. The number of aromatic nitrogens is 4. The van der Waals surface area contributed by atoms with Gasteiger partial charge in [-0.15, -0.1) is 0 Å². The summed E-state index contributed by atoms with van der Waals surface area (Å²) in [7, 11) is 0. The Bertz CT molecular complexity index is 845. The van der Waals surface area contributed by atoms with Gasteiger partial charge < -0.3 is 30.5 Å². The number of hydrogen-bond acceptors (Lipinski definition) is 9. The maximum absolute atomic E-state index is 10.2. The van der Waals surface area contributed by atoms with E-state index in [1.807, 2.05) is 6.92 Å². The predicted molar refractivity (Wildman–Crippen MR) is 95.3 cm³/mol. The van der Waals surface area contributed by atoms with Crippen LogP contribution >= 0.6 is 0 Å². The summed E-state index contributed by atoms with van der Waals surface area (Å²) in [4.78, 5) is 12.6. The number of nitrogen functional groups attached to an aromatic ring is 1. The van der Waals surface area contributed by atoms with Crippen molar-refractivity contribution in [2.75, 3.05) is 25.6 Å². The fourth-order valence-corrected chi connectivity index (χ4v) is 2.84. The number of fused-ring (bicyclic) bond motifs is 1. The van der Waals surface area contributed by atoms with Crippen LogP contribution in [0.1, 0.15) is 31.8 Å². The maximum atomic E-state index is 10.2. The third-order valence-electron chi connectivity index (χ3n) is 4.23. The molecule has 146 valence electrons. The summed E-state index contributed by atoms with van der Waals surface area (Å²) in [6, 6.07) is 0. The second-order valence-electron chi connectivity index (χ2n) is 6.09. The number of hydrogen-bond donors (Lipinski definition) is 4. The smallest absolute Gasteiger partial charge is 0.208 e. The maximum Gasteiger partial charge on any atom is 0.208 e. The van der Waals surface area contributed by atoms with Crippen molar-refractivity contribution in [3.63, 3.8) is 0 Å². The number of unbranched alkanes of at least 4 members (excludes halogenated alkanes) is 1. The molecule has 0 aliphatic carbocycles. The van der Waals surface area contributed by atoms with Gasteiger partial charge in [0.2, 0.25) is 5.82 Å². The minimum Gasteiger partial charge on any atom is -0.394 e. The molecule has 0 bridgehead atoms. The number of anilines is 1. The molecule has 1 aliphatic rings. The molecule has 2 aromatic heterocycles. The molecule has 0 saturated carbocycles. The minimum absolute atomic E-state index is 0.157. The summed E-state index contributed by atoms with van der Waals surface area (Å²) in [6.45, 7) is 2.84. The van der Waals surface area contributed by atoms with Crippen LogP contribution in [0.15, 0.2) is 6.33 Å². The molecular formula is C17H23N5O5. The Labute approximate surface area is 156 Å². The second-order valence-corrected chi connectivity index (χ2v) is 6.09. The highest BCUT2D eigenvalue weighted by atomic mass is 16.6. The van der Waals surface area contributed by atoms with Gasteiger partial charge >= 0.3 is 0 Å². The molecule has 5 N–H and O–H groups in total. The number of imidazole rings is 1. The second kappa shape index (κ2) is 8.60. The van der Waals surface area contributed by atoms with Gasteiger partial charge in [0.15, 0.2) is 17.7 Å². The van der Waals surface area contributed by atoms with Crippen LogP contribution < -0.4 is 5.73 Å². The summed E-state index contributed by atoms with van der Waals surface area (Å²) in [5.74, 6) is 6.22. The molecule has 0 aromatic carbocycles. The first-order valence-corrected chi connectivity index (χ1v) is 8.76. The molecule has 2 aromatic rings. The lowest BCUT2D eigenvalue weighted by atomic mass is 10.1. The van der Waals surface area contributed by atoms with E-state index in [4.69, 9.17) is 15.2 Å². The zero-order valence-corrected chi connectivity index (χ0v) is 14.9. The van der Waals surface area contributed by atoms with Crippen LogP contribution in [0, 0.1) is 11.8 Å². The quantitative estimate of drug-likeness (QED) is 0.374. The van der Waals surface area contributed by atoms with E-state index in [0.29, 0.717) is 30.8 Å². The van der Waals surface area contributed by atoms with Gasteiger partial charge in [-0.1, -0.05) is 5.92 Å². The Hall–Kier alpha value is -2.29. The van der Waals surface area contributed by atoms with E-state index in [2.05, 4.69) is 26.8 Å². The molecule has 1 fully saturated rings. The highest BCUT2D eigenvalue weighted by Gasteiger charge is 2.44. The summed E-state index contributed by atoms with van der Waals surface area (Å²) in [5, 5.41) is 29.4. The molecule has 10 heteroatoms. The summed E-state index contributed by atoms with van der Waals surface area (Å²) >= 11 is 0. The molecule has 0 unspecified atom stereocenters. The van der Waals surface area contributed by atoms with Crippen molar-refractivity contribution < 1.29 is 24.8 Å². The van der Waals surface area contributed by atoms with Crippen molar-refractivity contribution in [2.45, 2.75) is 44.3 Å². The van der Waals surface area contributed by atoms with Crippen molar-refractivity contribution in [1.29, 1.82) is 0 Å². The molecule has 27 heavy (non-hydrogen) atoms. The average Bonchev–Trinajstić information content (AvgIpc) is 3.20. The minimum atomic E-state index is -1.25. The molecule has 3 heterocycles. The first-order chi connectivity index (χ1) is 13.1. The normalized spacial score (nSPS) is 24.9. The SMILES string of the molecule is CCOCCCC#Cc1nc(N)c2ncn([C@@H]3O[C@H](CO)[C@@H](O)[C@H]3O)c2n1. The lowest BCUT2D eigenvalue weighted by Crippen LogP contribution is -2.33. The first-order valence-electron chi connectivity index (χ1n) is 8.76. The van der Waals surface area contributed by atoms with Crippen LogP contribution in [0.25, 0.3) is 11.2 Å². The summed E-state index contributed by atoms with van der Waals surface area (Å²) in [5.41, 5.74) is 6.62. The van der Waals surface area contributed by atoms with E-state index in [1.54, 1.807) is 0 Å². The Balaban J connectivity index is 1.84. The third kappa shape index (κ3) is 4.02. The number of ether oxygens (including phenoxy) is 2. The Kier molecular flexibility index (Phi) is 6.20. The summed E-state index contributed by atoms with van der Waals surface area (Å²) in [6.07, 6.45) is -1.48. The molecular weight excluding hydrogens is 354 g/mol. The van der Waals surface area contributed by atoms with Crippen LogP contribution in [-0.4, -0.2) is 73.0 Å². The molecule has 3 rings (SSSR count). The molecule has 0 amide bonds. The molecule has 0 radical (unpaired) electrons. The van der Waals surface area contributed by atoms with Crippen molar-refractivity contribution in [3.8, 4) is 11.8 Å². The molecule has 1 aliphatic heterocycles. The lowest BCUT2D eigenvalue weighted by molar-refractivity contribution is -0.0511. The fraction of sp³-hybridized carbons (Fsp3) is 0.588. The van der Waals surface area contributed by atoms with Gasteiger partial charge in [0.25, 0.3) is 0 Å². The van der Waals surface area contributed by atoms with E-state index in [0.717, 1.165) is 6.42 Å². The fourth-order valence-electron chi connectivity index (χ4n) is 2.84. The number of nitrogens with two attached hydrogens (primary N) is 1. The standard InChI is InChI=1S/C17H23N5O5/c1-2-26-7-5-3-4-6-11-20-15(18)12-16(21-11)22(9-19-12)17-14(25)13(24)10(8-23)27-17/h9-10,13-14,17,23-25H,2-3,5,7-8H2,1H3,(H2,18,20,21)/t10-,13-,14-,17-/m1/s1. The topological polar surface area (TPSA) is 149 Å². The van der Waals surface area contributed by atoms with Gasteiger partial charge in [-0.25, -0.2) is 15.0 Å². The average molecular weight is 377 g/mol. The molecule has 1 saturated heterocycles. The Morgan fingerprint density at radius 1 is 1.33 bits per heavy atom. The number of aliphatic hydroxyl groups is 3. The van der Waals surface area contributed by atoms with Crippen LogP contribution in [0.3, 0.4) is 0 Å². The molecule has 10 nitrogen and oxygen atoms in total. The van der Waals surface area contributed by atoms with E-state index in [1.165, 1.54) is 10.9 Å². The van der Waals surface area contributed by atoms with E-state index >= 15 is 0 Å². The number of rotatable bonds is 6. The van der Waals surface area contributed by atoms with Crippen LogP contribution in [-0.2, 0) is 9.47 Å². The van der Waals surface area contributed by atoms with E-state index in [9.17, 15) is 15.3 Å². The van der Waals surface area contributed by atoms with Gasteiger partial charge in [0.05, 0.1) is 12.9 Å². The first kappa shape index (κ1) is 19.5. The third-order valence-corrected chi connectivity index (χ3v) is 4.23. The zero-order valence-electron chi connectivity index (χ0n) is 14.9. The van der Waals surface area contributed by atoms with Gasteiger partial charge in [-0.05, 0) is 19.3 Å². The highest BCUT2D eigenvalue weighted by molar-refractivity contribution is 5.82. The monoisotopic (exact) mass is 377 g/mol. The largest absolute Gasteiger partial charge is 0.394 e. The van der Waals surface area contributed by atoms with Gasteiger partial charge in [0, 0.05) is 19.6 Å². The Morgan fingerprint density at radius 2 is 2.15 bits per heavy atom. The van der Waals surface area contributed by atoms with Crippen LogP contribution in [0.2, 0.25) is 0 Å².